The molecule has 180 valence electrons. The smallest absolute Gasteiger partial charge is 0.433 e. The summed E-state index contributed by atoms with van der Waals surface area (Å²) in [5, 5.41) is 24.0. The lowest BCUT2D eigenvalue weighted by atomic mass is 9.63. The molecule has 12 heteroatoms. The predicted molar refractivity (Wildman–Crippen MR) is 118 cm³/mol. The standard InChI is InChI=1S/C22H22F3N5O3S/c1-20(2)10-21(33,7-6-12(20)18(31)32)19-26-9-14(34-19)13-4-3-5-16(29-13)30-17-8-15(22(23,24)25)27-11-28-17/h3-5,8-9,11-12,33H,6-7,10H2,1-2H3,(H,31,32)(H,27,28,29,30). The number of anilines is 2. The van der Waals surface area contributed by atoms with E-state index in [9.17, 15) is 28.2 Å². The van der Waals surface area contributed by atoms with Crippen LogP contribution < -0.4 is 5.32 Å². The minimum absolute atomic E-state index is 0.0521. The van der Waals surface area contributed by atoms with E-state index in [4.69, 9.17) is 0 Å². The van der Waals surface area contributed by atoms with Crippen LogP contribution in [0.1, 0.15) is 43.8 Å². The van der Waals surface area contributed by atoms with E-state index in [1.165, 1.54) is 11.3 Å². The van der Waals surface area contributed by atoms with Crippen molar-refractivity contribution in [3.8, 4) is 10.6 Å². The number of aliphatic carboxylic acids is 1. The Bertz CT molecular complexity index is 1220. The van der Waals surface area contributed by atoms with Gasteiger partial charge in [0.15, 0.2) is 0 Å². The molecule has 34 heavy (non-hydrogen) atoms. The fourth-order valence-electron chi connectivity index (χ4n) is 4.34. The fraction of sp³-hybridized carbons (Fsp3) is 0.409. The molecule has 2 unspecified atom stereocenters. The van der Waals surface area contributed by atoms with Crippen molar-refractivity contribution in [3.05, 3.63) is 47.5 Å². The molecule has 0 spiro atoms. The van der Waals surface area contributed by atoms with Gasteiger partial charge in [-0.25, -0.2) is 19.9 Å². The molecule has 0 bridgehead atoms. The van der Waals surface area contributed by atoms with Gasteiger partial charge in [-0.15, -0.1) is 11.3 Å². The number of pyridine rings is 1. The van der Waals surface area contributed by atoms with Gasteiger partial charge in [-0.3, -0.25) is 4.79 Å². The Labute approximate surface area is 197 Å². The van der Waals surface area contributed by atoms with Crippen LogP contribution in [0.2, 0.25) is 0 Å². The monoisotopic (exact) mass is 493 g/mol. The molecule has 1 aliphatic rings. The first-order chi connectivity index (χ1) is 15.9. The van der Waals surface area contributed by atoms with Crippen molar-refractivity contribution in [2.75, 3.05) is 5.32 Å². The lowest BCUT2D eigenvalue weighted by molar-refractivity contribution is -0.154. The SMILES string of the molecule is CC1(C)CC(O)(c2ncc(-c3cccc(Nc4cc(C(F)(F)F)ncn4)n3)s2)CCC1C(=O)O. The number of carbonyl (C=O) groups is 1. The number of carboxylic acids is 1. The van der Waals surface area contributed by atoms with E-state index in [-0.39, 0.29) is 24.5 Å². The van der Waals surface area contributed by atoms with Gasteiger partial charge in [0.2, 0.25) is 0 Å². The normalized spacial score (nSPS) is 22.4. The second-order valence-electron chi connectivity index (χ2n) is 8.98. The van der Waals surface area contributed by atoms with Crippen LogP contribution in [0.3, 0.4) is 0 Å². The Morgan fingerprint density at radius 3 is 2.65 bits per heavy atom. The molecule has 0 amide bonds. The van der Waals surface area contributed by atoms with Gasteiger partial charge in [0, 0.05) is 12.3 Å². The number of hydrogen-bond donors (Lipinski definition) is 3. The number of aliphatic hydroxyl groups is 1. The summed E-state index contributed by atoms with van der Waals surface area (Å²) >= 11 is 1.25. The largest absolute Gasteiger partial charge is 0.481 e. The number of hydrogen-bond acceptors (Lipinski definition) is 8. The predicted octanol–water partition coefficient (Wildman–Crippen LogP) is 4.86. The van der Waals surface area contributed by atoms with Crippen molar-refractivity contribution >= 4 is 28.9 Å². The van der Waals surface area contributed by atoms with E-state index in [0.29, 0.717) is 22.0 Å². The highest BCUT2D eigenvalue weighted by Gasteiger charge is 2.49. The molecule has 2 atom stereocenters. The van der Waals surface area contributed by atoms with Crippen LogP contribution in [0, 0.1) is 11.3 Å². The number of halogens is 3. The number of rotatable bonds is 5. The number of carboxylic acid groups (broad SMARTS) is 1. The van der Waals surface area contributed by atoms with Crippen molar-refractivity contribution in [2.24, 2.45) is 11.3 Å². The Morgan fingerprint density at radius 2 is 1.97 bits per heavy atom. The van der Waals surface area contributed by atoms with Crippen molar-refractivity contribution in [2.45, 2.75) is 44.9 Å². The Balaban J connectivity index is 1.55. The van der Waals surface area contributed by atoms with Crippen molar-refractivity contribution in [1.82, 2.24) is 19.9 Å². The van der Waals surface area contributed by atoms with Gasteiger partial charge >= 0.3 is 12.1 Å². The fourth-order valence-corrected chi connectivity index (χ4v) is 5.34. The van der Waals surface area contributed by atoms with Crippen LogP contribution in [-0.2, 0) is 16.6 Å². The third-order valence-electron chi connectivity index (χ3n) is 5.96. The second kappa shape index (κ2) is 8.58. The molecular formula is C22H22F3N5O3S. The zero-order chi connectivity index (χ0) is 24.7. The lowest BCUT2D eigenvalue weighted by Gasteiger charge is -2.44. The maximum absolute atomic E-state index is 12.9. The van der Waals surface area contributed by atoms with E-state index in [0.717, 1.165) is 12.4 Å². The highest BCUT2D eigenvalue weighted by molar-refractivity contribution is 7.15. The lowest BCUT2D eigenvalue weighted by Crippen LogP contribution is -2.44. The summed E-state index contributed by atoms with van der Waals surface area (Å²) in [4.78, 5) is 28.1. The first-order valence-electron chi connectivity index (χ1n) is 10.4. The van der Waals surface area contributed by atoms with Gasteiger partial charge in [0.1, 0.15) is 34.3 Å². The minimum atomic E-state index is -4.59. The van der Waals surface area contributed by atoms with Crippen molar-refractivity contribution in [1.29, 1.82) is 0 Å². The molecule has 3 aromatic heterocycles. The molecule has 0 aliphatic heterocycles. The Kier molecular flexibility index (Phi) is 6.06. The van der Waals surface area contributed by atoms with Gasteiger partial charge < -0.3 is 15.5 Å². The number of thiazole rings is 1. The van der Waals surface area contributed by atoms with Gasteiger partial charge in [-0.05, 0) is 36.8 Å². The first-order valence-corrected chi connectivity index (χ1v) is 11.2. The average Bonchev–Trinajstić information content (AvgIpc) is 3.24. The molecule has 0 radical (unpaired) electrons. The maximum Gasteiger partial charge on any atom is 0.433 e. The molecular weight excluding hydrogens is 471 g/mol. The molecule has 4 rings (SSSR count). The van der Waals surface area contributed by atoms with Crippen LogP contribution >= 0.6 is 11.3 Å². The molecule has 1 fully saturated rings. The van der Waals surface area contributed by atoms with E-state index < -0.39 is 34.8 Å². The van der Waals surface area contributed by atoms with Crippen LogP contribution in [0.5, 0.6) is 0 Å². The number of nitrogens with one attached hydrogen (secondary N) is 1. The molecule has 3 N–H and O–H groups in total. The molecule has 3 aromatic rings. The van der Waals surface area contributed by atoms with Crippen LogP contribution in [0.25, 0.3) is 10.6 Å². The molecule has 0 aromatic carbocycles. The molecule has 1 aliphatic carbocycles. The highest BCUT2D eigenvalue weighted by atomic mass is 32.1. The maximum atomic E-state index is 12.9. The quantitative estimate of drug-likeness (QED) is 0.461. The van der Waals surface area contributed by atoms with Gasteiger partial charge in [-0.1, -0.05) is 19.9 Å². The highest BCUT2D eigenvalue weighted by Crippen LogP contribution is 2.50. The summed E-state index contributed by atoms with van der Waals surface area (Å²) in [7, 11) is 0. The average molecular weight is 494 g/mol. The van der Waals surface area contributed by atoms with Gasteiger partial charge in [0.05, 0.1) is 16.5 Å². The second-order valence-corrected chi connectivity index (χ2v) is 10.0. The van der Waals surface area contributed by atoms with E-state index >= 15 is 0 Å². The molecule has 3 heterocycles. The van der Waals surface area contributed by atoms with Crippen molar-refractivity contribution < 1.29 is 28.2 Å². The zero-order valence-corrected chi connectivity index (χ0v) is 19.1. The summed E-state index contributed by atoms with van der Waals surface area (Å²) in [5.74, 6) is -1.19. The Morgan fingerprint density at radius 1 is 1.21 bits per heavy atom. The summed E-state index contributed by atoms with van der Waals surface area (Å²) in [6.45, 7) is 3.66. The summed E-state index contributed by atoms with van der Waals surface area (Å²) in [5.41, 5.74) is -2.41. The third kappa shape index (κ3) is 4.87. The van der Waals surface area contributed by atoms with Crippen molar-refractivity contribution in [3.63, 3.8) is 0 Å². The van der Waals surface area contributed by atoms with E-state index in [1.54, 1.807) is 24.4 Å². The van der Waals surface area contributed by atoms with E-state index in [2.05, 4.69) is 25.3 Å². The summed E-state index contributed by atoms with van der Waals surface area (Å²) < 4.78 is 38.7. The number of aromatic nitrogens is 4. The van der Waals surface area contributed by atoms with Gasteiger partial charge in [0.25, 0.3) is 0 Å². The topological polar surface area (TPSA) is 121 Å². The van der Waals surface area contributed by atoms with Gasteiger partial charge in [-0.2, -0.15) is 13.2 Å². The summed E-state index contributed by atoms with van der Waals surface area (Å²) in [6, 6.07) is 5.79. The van der Waals surface area contributed by atoms with Crippen LogP contribution in [0.15, 0.2) is 36.8 Å². The van der Waals surface area contributed by atoms with E-state index in [1.807, 2.05) is 13.8 Å². The first kappa shape index (κ1) is 24.0. The summed E-state index contributed by atoms with van der Waals surface area (Å²) in [6.07, 6.45) is -1.31. The number of alkyl halides is 3. The van der Waals surface area contributed by atoms with Crippen LogP contribution in [-0.4, -0.2) is 36.1 Å². The third-order valence-corrected chi connectivity index (χ3v) is 7.17. The minimum Gasteiger partial charge on any atom is -0.481 e. The molecule has 0 saturated heterocycles. The molecule has 1 saturated carbocycles. The number of nitrogens with zero attached hydrogens (tertiary/aromatic N) is 4. The zero-order valence-electron chi connectivity index (χ0n) is 18.3. The molecule has 8 nitrogen and oxygen atoms in total. The van der Waals surface area contributed by atoms with Crippen LogP contribution in [0.4, 0.5) is 24.8 Å². The Hall–Kier alpha value is -3.12.